The molecule has 132 valence electrons. The minimum atomic E-state index is -0.741. The van der Waals surface area contributed by atoms with Gasteiger partial charge in [0.05, 0.1) is 12.8 Å². The van der Waals surface area contributed by atoms with Gasteiger partial charge in [-0.15, -0.1) is 0 Å². The van der Waals surface area contributed by atoms with Gasteiger partial charge in [0.25, 0.3) is 0 Å². The van der Waals surface area contributed by atoms with E-state index in [4.69, 9.17) is 18.6 Å². The average molecular weight is 346 g/mol. The van der Waals surface area contributed by atoms with E-state index < -0.39 is 17.9 Å². The first-order valence-electron chi connectivity index (χ1n) is 7.68. The lowest BCUT2D eigenvalue weighted by Crippen LogP contribution is -2.41. The molecule has 1 aromatic carbocycles. The molecule has 1 aliphatic rings. The first-order valence-corrected chi connectivity index (χ1v) is 7.68. The Kier molecular flexibility index (Phi) is 5.20. The molecule has 0 spiro atoms. The van der Waals surface area contributed by atoms with E-state index >= 15 is 0 Å². The molecule has 2 aromatic rings. The number of rotatable bonds is 6. The molecule has 8 nitrogen and oxygen atoms in total. The zero-order chi connectivity index (χ0) is 17.6. The summed E-state index contributed by atoms with van der Waals surface area (Å²) in [5, 5.41) is 5.07. The van der Waals surface area contributed by atoms with Gasteiger partial charge in [0.15, 0.2) is 11.5 Å². The molecule has 1 unspecified atom stereocenters. The lowest BCUT2D eigenvalue weighted by atomic mass is 10.2. The lowest BCUT2D eigenvalue weighted by Gasteiger charge is -2.13. The number of furan rings is 1. The Balaban J connectivity index is 1.47. The first kappa shape index (κ1) is 16.8. The van der Waals surface area contributed by atoms with Crippen LogP contribution in [0.3, 0.4) is 0 Å². The van der Waals surface area contributed by atoms with Crippen LogP contribution in [0, 0.1) is 0 Å². The molecule has 3 rings (SSSR count). The van der Waals surface area contributed by atoms with Crippen molar-refractivity contribution in [3.05, 3.63) is 47.9 Å². The molecule has 0 saturated heterocycles. The Labute approximate surface area is 144 Å². The smallest absolute Gasteiger partial charge is 0.309 e. The molecule has 0 aliphatic carbocycles. The van der Waals surface area contributed by atoms with Crippen LogP contribution in [0.2, 0.25) is 0 Å². The van der Waals surface area contributed by atoms with Crippen molar-refractivity contribution in [1.82, 2.24) is 10.6 Å². The Morgan fingerprint density at radius 1 is 1.16 bits per heavy atom. The van der Waals surface area contributed by atoms with E-state index in [0.29, 0.717) is 17.3 Å². The molecule has 2 amide bonds. The molecule has 2 heterocycles. The summed E-state index contributed by atoms with van der Waals surface area (Å²) in [4.78, 5) is 23.8. The van der Waals surface area contributed by atoms with Gasteiger partial charge in [0, 0.05) is 13.7 Å². The molecule has 1 aliphatic heterocycles. The lowest BCUT2D eigenvalue weighted by molar-refractivity contribution is -0.139. The van der Waals surface area contributed by atoms with Crippen molar-refractivity contribution in [3.8, 4) is 11.5 Å². The highest BCUT2D eigenvalue weighted by atomic mass is 16.7. The third-order valence-electron chi connectivity index (χ3n) is 3.69. The number of nitrogens with one attached hydrogen (secondary N) is 2. The van der Waals surface area contributed by atoms with Crippen LogP contribution in [0.15, 0.2) is 41.0 Å². The summed E-state index contributed by atoms with van der Waals surface area (Å²) in [5.74, 6) is 0.388. The molecular weight excluding hydrogens is 328 g/mol. The van der Waals surface area contributed by atoms with Gasteiger partial charge in [-0.25, -0.2) is 0 Å². The van der Waals surface area contributed by atoms with Gasteiger partial charge in [-0.05, 0) is 29.8 Å². The minimum absolute atomic E-state index is 0.125. The van der Waals surface area contributed by atoms with Crippen molar-refractivity contribution >= 4 is 11.8 Å². The molecule has 8 heteroatoms. The Morgan fingerprint density at radius 2 is 1.96 bits per heavy atom. The summed E-state index contributed by atoms with van der Waals surface area (Å²) >= 11 is 0. The fraction of sp³-hybridized carbons (Fsp3) is 0.294. The minimum Gasteiger partial charge on any atom is -0.467 e. The van der Waals surface area contributed by atoms with Gasteiger partial charge < -0.3 is 29.3 Å². The highest BCUT2D eigenvalue weighted by Crippen LogP contribution is 2.32. The van der Waals surface area contributed by atoms with Crippen LogP contribution in [0.25, 0.3) is 0 Å². The number of ether oxygens (including phenoxy) is 3. The Morgan fingerprint density at radius 3 is 2.72 bits per heavy atom. The molecular formula is C17H18N2O6. The van der Waals surface area contributed by atoms with Crippen LogP contribution in [0.1, 0.15) is 17.4 Å². The van der Waals surface area contributed by atoms with E-state index in [-0.39, 0.29) is 19.9 Å². The second kappa shape index (κ2) is 7.71. The molecule has 1 aromatic heterocycles. The number of hydrogen-bond acceptors (Lipinski definition) is 6. The van der Waals surface area contributed by atoms with E-state index in [1.54, 1.807) is 30.3 Å². The van der Waals surface area contributed by atoms with E-state index in [2.05, 4.69) is 10.6 Å². The zero-order valence-corrected chi connectivity index (χ0v) is 13.6. The second-order valence-corrected chi connectivity index (χ2v) is 5.32. The highest BCUT2D eigenvalue weighted by molar-refractivity contribution is 6.35. The Hall–Kier alpha value is -3.00. The fourth-order valence-electron chi connectivity index (χ4n) is 2.35. The number of carbonyl (C=O) groups is 2. The number of carbonyl (C=O) groups excluding carboxylic acids is 2. The number of methoxy groups -OCH3 is 1. The van der Waals surface area contributed by atoms with Crippen LogP contribution >= 0.6 is 0 Å². The van der Waals surface area contributed by atoms with E-state index in [1.165, 1.54) is 13.4 Å². The van der Waals surface area contributed by atoms with Crippen LogP contribution in [-0.4, -0.2) is 32.3 Å². The van der Waals surface area contributed by atoms with Crippen molar-refractivity contribution in [2.45, 2.75) is 12.6 Å². The van der Waals surface area contributed by atoms with Crippen molar-refractivity contribution < 1.29 is 28.2 Å². The van der Waals surface area contributed by atoms with Crippen molar-refractivity contribution in [1.29, 1.82) is 0 Å². The standard InChI is InChI=1S/C17H18N2O6/c1-22-15(12-3-2-6-23-12)9-19-17(21)16(20)18-8-11-4-5-13-14(7-11)25-10-24-13/h2-7,15H,8-10H2,1H3,(H,18,20)(H,19,21). The van der Waals surface area contributed by atoms with E-state index in [9.17, 15) is 9.59 Å². The summed E-state index contributed by atoms with van der Waals surface area (Å²) in [5.41, 5.74) is 0.802. The number of benzene rings is 1. The van der Waals surface area contributed by atoms with Gasteiger partial charge in [-0.3, -0.25) is 9.59 Å². The van der Waals surface area contributed by atoms with Gasteiger partial charge in [-0.1, -0.05) is 6.07 Å². The van der Waals surface area contributed by atoms with E-state index in [1.807, 2.05) is 0 Å². The van der Waals surface area contributed by atoms with Gasteiger partial charge >= 0.3 is 11.8 Å². The number of fused-ring (bicyclic) bond motifs is 1. The quantitative estimate of drug-likeness (QED) is 0.761. The monoisotopic (exact) mass is 346 g/mol. The molecule has 1 atom stereocenters. The van der Waals surface area contributed by atoms with Gasteiger partial charge in [0.1, 0.15) is 11.9 Å². The predicted molar refractivity (Wildman–Crippen MR) is 85.9 cm³/mol. The first-order chi connectivity index (χ1) is 12.2. The van der Waals surface area contributed by atoms with Crippen LogP contribution in [0.4, 0.5) is 0 Å². The maximum absolute atomic E-state index is 11.9. The highest BCUT2D eigenvalue weighted by Gasteiger charge is 2.19. The topological polar surface area (TPSA) is 99.0 Å². The fourth-order valence-corrected chi connectivity index (χ4v) is 2.35. The summed E-state index contributed by atoms with van der Waals surface area (Å²) < 4.78 is 20.9. The molecule has 0 saturated carbocycles. The number of amides is 2. The van der Waals surface area contributed by atoms with Gasteiger partial charge in [0.2, 0.25) is 6.79 Å². The average Bonchev–Trinajstić information content (AvgIpc) is 3.31. The maximum Gasteiger partial charge on any atom is 0.309 e. The maximum atomic E-state index is 11.9. The van der Waals surface area contributed by atoms with Crippen molar-refractivity contribution in [3.63, 3.8) is 0 Å². The third kappa shape index (κ3) is 4.10. The van der Waals surface area contributed by atoms with Crippen LogP contribution < -0.4 is 20.1 Å². The predicted octanol–water partition coefficient (Wildman–Crippen LogP) is 1.13. The normalized spacial score (nSPS) is 13.3. The SMILES string of the molecule is COC(CNC(=O)C(=O)NCc1ccc2c(c1)OCO2)c1ccco1. The van der Waals surface area contributed by atoms with Crippen molar-refractivity contribution in [2.24, 2.45) is 0 Å². The summed E-state index contributed by atoms with van der Waals surface area (Å²) in [6.45, 7) is 0.513. The van der Waals surface area contributed by atoms with Gasteiger partial charge in [-0.2, -0.15) is 0 Å². The summed E-state index contributed by atoms with van der Waals surface area (Å²) in [7, 11) is 1.50. The van der Waals surface area contributed by atoms with E-state index in [0.717, 1.165) is 5.56 Å². The summed E-state index contributed by atoms with van der Waals surface area (Å²) in [6.07, 6.45) is 1.06. The summed E-state index contributed by atoms with van der Waals surface area (Å²) in [6, 6.07) is 8.78. The Bertz CT molecular complexity index is 744. The molecule has 0 bridgehead atoms. The molecule has 0 fully saturated rings. The van der Waals surface area contributed by atoms with Crippen LogP contribution in [-0.2, 0) is 20.9 Å². The van der Waals surface area contributed by atoms with Crippen molar-refractivity contribution in [2.75, 3.05) is 20.4 Å². The van der Waals surface area contributed by atoms with Crippen LogP contribution in [0.5, 0.6) is 11.5 Å². The molecule has 25 heavy (non-hydrogen) atoms. The number of hydrogen-bond donors (Lipinski definition) is 2. The zero-order valence-electron chi connectivity index (χ0n) is 13.6. The largest absolute Gasteiger partial charge is 0.467 e. The molecule has 0 radical (unpaired) electrons. The molecule has 2 N–H and O–H groups in total. The second-order valence-electron chi connectivity index (χ2n) is 5.32. The third-order valence-corrected chi connectivity index (χ3v) is 3.69.